The Balaban J connectivity index is 1.89. The fourth-order valence-electron chi connectivity index (χ4n) is 1.75. The lowest BCUT2D eigenvalue weighted by Crippen LogP contribution is -2.28. The van der Waals surface area contributed by atoms with Crippen molar-refractivity contribution in [1.82, 2.24) is 10.5 Å². The molecule has 1 aromatic carbocycles. The van der Waals surface area contributed by atoms with Crippen molar-refractivity contribution in [3.8, 4) is 0 Å². The number of nitrogens with two attached hydrogens (primary N) is 1. The first-order valence-corrected chi connectivity index (χ1v) is 6.36. The highest BCUT2D eigenvalue weighted by atomic mass is 16.5. The van der Waals surface area contributed by atoms with Crippen molar-refractivity contribution in [2.24, 2.45) is 0 Å². The van der Waals surface area contributed by atoms with Gasteiger partial charge in [0.1, 0.15) is 6.61 Å². The monoisotopic (exact) mass is 291 g/mol. The summed E-state index contributed by atoms with van der Waals surface area (Å²) in [6, 6.07) is 8.29. The molecule has 7 heteroatoms. The normalized spacial score (nSPS) is 12.1. The predicted octanol–water partition coefficient (Wildman–Crippen LogP) is 0.867. The molecule has 0 bridgehead atoms. The molecule has 1 heterocycles. The van der Waals surface area contributed by atoms with E-state index in [2.05, 4.69) is 10.5 Å². The van der Waals surface area contributed by atoms with Gasteiger partial charge in [0.05, 0.1) is 6.10 Å². The maximum atomic E-state index is 11.8. The Morgan fingerprint density at radius 3 is 2.86 bits per heavy atom. The first kappa shape index (κ1) is 15.0. The van der Waals surface area contributed by atoms with Crippen LogP contribution in [0.15, 0.2) is 34.9 Å². The lowest BCUT2D eigenvalue weighted by atomic mass is 10.1. The van der Waals surface area contributed by atoms with E-state index < -0.39 is 12.0 Å². The van der Waals surface area contributed by atoms with Gasteiger partial charge in [-0.1, -0.05) is 17.3 Å². The van der Waals surface area contributed by atoms with Crippen molar-refractivity contribution >= 4 is 11.6 Å². The molecule has 0 spiro atoms. The summed E-state index contributed by atoms with van der Waals surface area (Å²) in [5.74, 6) is 0.0392. The molecule has 0 saturated carbocycles. The molecule has 1 amide bonds. The third-order valence-electron chi connectivity index (χ3n) is 2.86. The van der Waals surface area contributed by atoms with Crippen LogP contribution in [0, 0.1) is 0 Å². The van der Waals surface area contributed by atoms with Crippen LogP contribution < -0.4 is 11.1 Å². The summed E-state index contributed by atoms with van der Waals surface area (Å²) in [6.45, 7) is 0.309. The average Bonchev–Trinajstić information content (AvgIpc) is 2.94. The first-order valence-electron chi connectivity index (χ1n) is 6.36. The van der Waals surface area contributed by atoms with Gasteiger partial charge in [0.25, 0.3) is 5.91 Å². The maximum Gasteiger partial charge on any atom is 0.273 e. The minimum atomic E-state index is -0.820. The number of hydrogen-bond acceptors (Lipinski definition) is 6. The van der Waals surface area contributed by atoms with Crippen LogP contribution in [-0.4, -0.2) is 29.8 Å². The number of benzene rings is 1. The van der Waals surface area contributed by atoms with E-state index in [9.17, 15) is 9.90 Å². The van der Waals surface area contributed by atoms with Gasteiger partial charge in [0.2, 0.25) is 0 Å². The molecule has 4 N–H and O–H groups in total. The van der Waals surface area contributed by atoms with E-state index in [0.717, 1.165) is 0 Å². The van der Waals surface area contributed by atoms with Gasteiger partial charge in [-0.2, -0.15) is 0 Å². The summed E-state index contributed by atoms with van der Waals surface area (Å²) >= 11 is 0. The summed E-state index contributed by atoms with van der Waals surface area (Å²) in [4.78, 5) is 11.8. The smallest absolute Gasteiger partial charge is 0.273 e. The Morgan fingerprint density at radius 2 is 2.19 bits per heavy atom. The maximum absolute atomic E-state index is 11.8. The largest absolute Gasteiger partial charge is 0.399 e. The van der Waals surface area contributed by atoms with Crippen molar-refractivity contribution in [2.45, 2.75) is 12.7 Å². The van der Waals surface area contributed by atoms with Crippen molar-refractivity contribution in [1.29, 1.82) is 0 Å². The van der Waals surface area contributed by atoms with Gasteiger partial charge < -0.3 is 25.4 Å². The molecule has 1 atom stereocenters. The molecule has 2 aromatic rings. The molecular weight excluding hydrogens is 274 g/mol. The number of nitrogens with zero attached hydrogens (tertiary/aromatic N) is 1. The van der Waals surface area contributed by atoms with Gasteiger partial charge in [0, 0.05) is 25.4 Å². The van der Waals surface area contributed by atoms with Crippen LogP contribution in [0.1, 0.15) is 27.9 Å². The van der Waals surface area contributed by atoms with Gasteiger partial charge in [-0.25, -0.2) is 0 Å². The number of carbonyl (C=O) groups is 1. The van der Waals surface area contributed by atoms with E-state index in [4.69, 9.17) is 15.0 Å². The number of aliphatic hydroxyl groups is 1. The molecule has 7 nitrogen and oxygen atoms in total. The zero-order valence-corrected chi connectivity index (χ0v) is 11.6. The summed E-state index contributed by atoms with van der Waals surface area (Å²) in [6.07, 6.45) is -0.820. The van der Waals surface area contributed by atoms with Crippen LogP contribution in [0.25, 0.3) is 0 Å². The van der Waals surface area contributed by atoms with Crippen molar-refractivity contribution in [3.63, 3.8) is 0 Å². The Hall–Kier alpha value is -2.38. The molecular formula is C14H17N3O4. The number of hydrogen-bond donors (Lipinski definition) is 3. The highest BCUT2D eigenvalue weighted by Crippen LogP contribution is 2.14. The Bertz CT molecular complexity index is 595. The summed E-state index contributed by atoms with van der Waals surface area (Å²) in [5, 5.41) is 16.2. The highest BCUT2D eigenvalue weighted by Gasteiger charge is 2.14. The Morgan fingerprint density at radius 1 is 1.48 bits per heavy atom. The number of anilines is 1. The average molecular weight is 291 g/mol. The molecule has 21 heavy (non-hydrogen) atoms. The second-order valence-corrected chi connectivity index (χ2v) is 4.50. The van der Waals surface area contributed by atoms with Crippen LogP contribution in [-0.2, 0) is 11.3 Å². The van der Waals surface area contributed by atoms with Crippen LogP contribution in [0.3, 0.4) is 0 Å². The van der Waals surface area contributed by atoms with Gasteiger partial charge in [-0.15, -0.1) is 0 Å². The van der Waals surface area contributed by atoms with E-state index in [1.54, 1.807) is 24.3 Å². The van der Waals surface area contributed by atoms with Gasteiger partial charge >= 0.3 is 0 Å². The number of carbonyl (C=O) groups excluding carboxylic acids is 1. The second-order valence-electron chi connectivity index (χ2n) is 4.50. The molecule has 0 radical (unpaired) electrons. The van der Waals surface area contributed by atoms with Crippen molar-refractivity contribution in [2.75, 3.05) is 19.4 Å². The first-order chi connectivity index (χ1) is 10.1. The number of amides is 1. The zero-order valence-electron chi connectivity index (χ0n) is 11.6. The lowest BCUT2D eigenvalue weighted by Gasteiger charge is -2.11. The number of rotatable bonds is 6. The molecule has 2 rings (SSSR count). The van der Waals surface area contributed by atoms with E-state index >= 15 is 0 Å². The predicted molar refractivity (Wildman–Crippen MR) is 75.4 cm³/mol. The van der Waals surface area contributed by atoms with Crippen molar-refractivity contribution in [3.05, 3.63) is 47.3 Å². The molecule has 112 valence electrons. The van der Waals surface area contributed by atoms with E-state index in [1.165, 1.54) is 13.2 Å². The third-order valence-corrected chi connectivity index (χ3v) is 2.86. The highest BCUT2D eigenvalue weighted by molar-refractivity contribution is 5.92. The lowest BCUT2D eigenvalue weighted by molar-refractivity contribution is 0.0906. The quantitative estimate of drug-likeness (QED) is 0.681. The molecule has 0 saturated heterocycles. The number of aliphatic hydroxyl groups excluding tert-OH is 1. The molecule has 0 aliphatic heterocycles. The number of methoxy groups -OCH3 is 1. The van der Waals surface area contributed by atoms with E-state index in [0.29, 0.717) is 17.0 Å². The van der Waals surface area contributed by atoms with Crippen LogP contribution in [0.2, 0.25) is 0 Å². The Labute approximate surface area is 121 Å². The zero-order chi connectivity index (χ0) is 15.2. The summed E-state index contributed by atoms with van der Waals surface area (Å²) < 4.78 is 9.79. The molecule has 0 aliphatic rings. The number of aromatic nitrogens is 1. The number of ether oxygens (including phenoxy) is 1. The molecule has 0 aliphatic carbocycles. The van der Waals surface area contributed by atoms with E-state index in [1.807, 2.05) is 0 Å². The minimum absolute atomic E-state index is 0.0647. The van der Waals surface area contributed by atoms with Crippen molar-refractivity contribution < 1.29 is 19.2 Å². The Kier molecular flexibility index (Phi) is 4.91. The molecule has 0 fully saturated rings. The van der Waals surface area contributed by atoms with E-state index in [-0.39, 0.29) is 18.8 Å². The number of nitrogens with one attached hydrogen (secondary N) is 1. The van der Waals surface area contributed by atoms with Crippen LogP contribution in [0.4, 0.5) is 5.69 Å². The summed E-state index contributed by atoms with van der Waals surface area (Å²) in [7, 11) is 1.52. The third kappa shape index (κ3) is 4.04. The minimum Gasteiger partial charge on any atom is -0.399 e. The van der Waals surface area contributed by atoms with Crippen LogP contribution in [0.5, 0.6) is 0 Å². The fraction of sp³-hybridized carbons (Fsp3) is 0.286. The SMILES string of the molecule is COCc1cc(C(=O)NCC(O)c2ccc(N)cc2)no1. The van der Waals surface area contributed by atoms with Gasteiger partial charge in [-0.05, 0) is 17.7 Å². The van der Waals surface area contributed by atoms with Crippen LogP contribution >= 0.6 is 0 Å². The number of nitrogen functional groups attached to an aromatic ring is 1. The van der Waals surface area contributed by atoms with Gasteiger partial charge in [-0.3, -0.25) is 4.79 Å². The molecule has 1 aromatic heterocycles. The topological polar surface area (TPSA) is 111 Å². The molecule has 1 unspecified atom stereocenters. The standard InChI is InChI=1S/C14H17N3O4/c1-20-8-11-6-12(17-21-11)14(19)16-7-13(18)9-2-4-10(15)5-3-9/h2-6,13,18H,7-8,15H2,1H3,(H,16,19). The van der Waals surface area contributed by atoms with Gasteiger partial charge in [0.15, 0.2) is 11.5 Å². The second kappa shape index (κ2) is 6.87. The fourth-order valence-corrected chi connectivity index (χ4v) is 1.75. The summed E-state index contributed by atoms with van der Waals surface area (Å²) in [5.41, 5.74) is 7.00.